The minimum atomic E-state index is 0. The van der Waals surface area contributed by atoms with E-state index in [1.807, 2.05) is 18.2 Å². The number of ether oxygens (including phenoxy) is 2. The van der Waals surface area contributed by atoms with Crippen LogP contribution in [0, 0.1) is 0 Å². The highest BCUT2D eigenvalue weighted by Crippen LogP contribution is 2.29. The zero-order valence-electron chi connectivity index (χ0n) is 16.8. The molecule has 0 radical (unpaired) electrons. The Morgan fingerprint density at radius 2 is 1.96 bits per heavy atom. The molecule has 2 rings (SSSR count). The predicted molar refractivity (Wildman–Crippen MR) is 125 cm³/mol. The maximum atomic E-state index is 5.49. The third kappa shape index (κ3) is 6.27. The highest BCUT2D eigenvalue weighted by molar-refractivity contribution is 14.0. The SMILES string of the molecule is CN=C(NCC(C)(C)c1cccs1)NC(C)c1cc(OC)ccc1OC.I. The molecule has 0 aliphatic rings. The summed E-state index contributed by atoms with van der Waals surface area (Å²) in [6.45, 7) is 7.32. The molecule has 1 unspecified atom stereocenters. The number of nitrogens with one attached hydrogen (secondary N) is 2. The fourth-order valence-electron chi connectivity index (χ4n) is 2.71. The highest BCUT2D eigenvalue weighted by Gasteiger charge is 2.22. The molecule has 1 aromatic carbocycles. The number of guanidine groups is 1. The number of aliphatic imine (C=N–C) groups is 1. The number of hydrogen-bond donors (Lipinski definition) is 2. The number of thiophene rings is 1. The first-order valence-corrected chi connectivity index (χ1v) is 9.52. The summed E-state index contributed by atoms with van der Waals surface area (Å²) in [5, 5.41) is 8.98. The van der Waals surface area contributed by atoms with Crippen LogP contribution in [-0.2, 0) is 5.41 Å². The fraction of sp³-hybridized carbons (Fsp3) is 0.450. The molecule has 0 saturated heterocycles. The molecular weight excluding hydrogens is 473 g/mol. The minimum Gasteiger partial charge on any atom is -0.497 e. The number of halogens is 1. The van der Waals surface area contributed by atoms with Gasteiger partial charge in [-0.25, -0.2) is 0 Å². The van der Waals surface area contributed by atoms with Gasteiger partial charge in [-0.05, 0) is 36.6 Å². The molecule has 0 spiro atoms. The van der Waals surface area contributed by atoms with Gasteiger partial charge in [0.2, 0.25) is 0 Å². The Balaban J connectivity index is 0.00000364. The summed E-state index contributed by atoms with van der Waals surface area (Å²) in [5.41, 5.74) is 1.05. The number of hydrogen-bond acceptors (Lipinski definition) is 4. The van der Waals surface area contributed by atoms with Gasteiger partial charge in [-0.1, -0.05) is 19.9 Å². The molecule has 0 saturated carbocycles. The number of benzene rings is 1. The fourth-order valence-corrected chi connectivity index (χ4v) is 3.56. The second-order valence-corrected chi connectivity index (χ2v) is 7.71. The van der Waals surface area contributed by atoms with E-state index in [9.17, 15) is 0 Å². The van der Waals surface area contributed by atoms with E-state index in [0.29, 0.717) is 0 Å². The average molecular weight is 503 g/mol. The minimum absolute atomic E-state index is 0. The summed E-state index contributed by atoms with van der Waals surface area (Å²) in [6.07, 6.45) is 0. The second kappa shape index (κ2) is 10.8. The maximum Gasteiger partial charge on any atom is 0.191 e. The van der Waals surface area contributed by atoms with Crippen molar-refractivity contribution < 1.29 is 9.47 Å². The summed E-state index contributed by atoms with van der Waals surface area (Å²) in [5.74, 6) is 2.38. The Labute approximate surface area is 183 Å². The van der Waals surface area contributed by atoms with E-state index in [1.165, 1.54) is 4.88 Å². The normalized spacial score (nSPS) is 12.7. The quantitative estimate of drug-likeness (QED) is 0.330. The van der Waals surface area contributed by atoms with Gasteiger partial charge in [0.05, 0.1) is 20.3 Å². The van der Waals surface area contributed by atoms with Gasteiger partial charge in [-0.2, -0.15) is 0 Å². The first kappa shape index (κ1) is 23.6. The van der Waals surface area contributed by atoms with Crippen LogP contribution in [-0.4, -0.2) is 33.8 Å². The van der Waals surface area contributed by atoms with Gasteiger partial charge in [0.25, 0.3) is 0 Å². The zero-order chi connectivity index (χ0) is 19.2. The molecule has 150 valence electrons. The molecule has 2 N–H and O–H groups in total. The molecule has 0 fully saturated rings. The lowest BCUT2D eigenvalue weighted by Gasteiger charge is -2.26. The average Bonchev–Trinajstić information content (AvgIpc) is 3.20. The molecule has 1 atom stereocenters. The van der Waals surface area contributed by atoms with Crippen LogP contribution >= 0.6 is 35.3 Å². The van der Waals surface area contributed by atoms with Crippen molar-refractivity contribution in [2.45, 2.75) is 32.2 Å². The van der Waals surface area contributed by atoms with Crippen LogP contribution < -0.4 is 20.1 Å². The molecule has 2 aromatic rings. The number of nitrogens with zero attached hydrogens (tertiary/aromatic N) is 1. The summed E-state index contributed by atoms with van der Waals surface area (Å²) in [7, 11) is 5.12. The van der Waals surface area contributed by atoms with Gasteiger partial charge in [-0.15, -0.1) is 35.3 Å². The Morgan fingerprint density at radius 3 is 2.52 bits per heavy atom. The van der Waals surface area contributed by atoms with Gasteiger partial charge < -0.3 is 20.1 Å². The van der Waals surface area contributed by atoms with Crippen molar-refractivity contribution in [2.75, 3.05) is 27.8 Å². The van der Waals surface area contributed by atoms with Crippen molar-refractivity contribution in [3.8, 4) is 11.5 Å². The van der Waals surface area contributed by atoms with Gasteiger partial charge in [0.1, 0.15) is 11.5 Å². The second-order valence-electron chi connectivity index (χ2n) is 6.76. The molecule has 0 aliphatic carbocycles. The van der Waals surface area contributed by atoms with E-state index >= 15 is 0 Å². The monoisotopic (exact) mass is 503 g/mol. The molecule has 1 heterocycles. The van der Waals surface area contributed by atoms with E-state index < -0.39 is 0 Å². The van der Waals surface area contributed by atoms with Crippen LogP contribution in [0.4, 0.5) is 0 Å². The van der Waals surface area contributed by atoms with E-state index in [2.05, 4.69) is 53.9 Å². The van der Waals surface area contributed by atoms with Crippen molar-refractivity contribution >= 4 is 41.3 Å². The third-order valence-electron chi connectivity index (χ3n) is 4.37. The van der Waals surface area contributed by atoms with E-state index in [-0.39, 0.29) is 35.4 Å². The molecule has 1 aromatic heterocycles. The van der Waals surface area contributed by atoms with Crippen molar-refractivity contribution in [1.29, 1.82) is 0 Å². The van der Waals surface area contributed by atoms with Crippen LogP contribution in [0.1, 0.15) is 37.3 Å². The smallest absolute Gasteiger partial charge is 0.191 e. The van der Waals surface area contributed by atoms with Crippen molar-refractivity contribution in [2.24, 2.45) is 4.99 Å². The number of methoxy groups -OCH3 is 2. The zero-order valence-corrected chi connectivity index (χ0v) is 20.0. The number of rotatable bonds is 7. The standard InChI is InChI=1S/C20H29N3O2S.HI/c1-14(16-12-15(24-5)9-10-17(16)25-6)23-19(21-4)22-13-20(2,3)18-8-7-11-26-18;/h7-12,14H,13H2,1-6H3,(H2,21,22,23);1H. The van der Waals surface area contributed by atoms with Crippen LogP contribution in [0.5, 0.6) is 11.5 Å². The molecule has 27 heavy (non-hydrogen) atoms. The molecule has 0 amide bonds. The first-order valence-electron chi connectivity index (χ1n) is 8.64. The Bertz CT molecular complexity index is 733. The lowest BCUT2D eigenvalue weighted by Crippen LogP contribution is -2.44. The summed E-state index contributed by atoms with van der Waals surface area (Å²) >= 11 is 1.78. The van der Waals surface area contributed by atoms with Crippen molar-refractivity contribution in [3.63, 3.8) is 0 Å². The van der Waals surface area contributed by atoms with Gasteiger partial charge in [0, 0.05) is 29.4 Å². The first-order chi connectivity index (χ1) is 12.4. The Morgan fingerprint density at radius 1 is 1.22 bits per heavy atom. The third-order valence-corrected chi connectivity index (χ3v) is 5.60. The van der Waals surface area contributed by atoms with Crippen LogP contribution in [0.2, 0.25) is 0 Å². The lowest BCUT2D eigenvalue weighted by atomic mass is 9.91. The van der Waals surface area contributed by atoms with Crippen LogP contribution in [0.15, 0.2) is 40.7 Å². The Kier molecular flexibility index (Phi) is 9.38. The van der Waals surface area contributed by atoms with E-state index in [4.69, 9.17) is 9.47 Å². The molecular formula is C20H30IN3O2S. The largest absolute Gasteiger partial charge is 0.497 e. The summed E-state index contributed by atoms with van der Waals surface area (Å²) < 4.78 is 10.8. The lowest BCUT2D eigenvalue weighted by molar-refractivity contribution is 0.394. The van der Waals surface area contributed by atoms with Crippen LogP contribution in [0.25, 0.3) is 0 Å². The van der Waals surface area contributed by atoms with E-state index in [0.717, 1.165) is 29.6 Å². The van der Waals surface area contributed by atoms with Gasteiger partial charge in [-0.3, -0.25) is 4.99 Å². The summed E-state index contributed by atoms with van der Waals surface area (Å²) in [6, 6.07) is 10.1. The summed E-state index contributed by atoms with van der Waals surface area (Å²) in [4.78, 5) is 5.71. The molecule has 7 heteroatoms. The van der Waals surface area contributed by atoms with Crippen molar-refractivity contribution in [3.05, 3.63) is 46.2 Å². The van der Waals surface area contributed by atoms with Crippen LogP contribution in [0.3, 0.4) is 0 Å². The molecule has 5 nitrogen and oxygen atoms in total. The topological polar surface area (TPSA) is 54.9 Å². The van der Waals surface area contributed by atoms with E-state index in [1.54, 1.807) is 32.6 Å². The molecule has 0 bridgehead atoms. The maximum absolute atomic E-state index is 5.49. The van der Waals surface area contributed by atoms with Crippen molar-refractivity contribution in [1.82, 2.24) is 10.6 Å². The predicted octanol–water partition coefficient (Wildman–Crippen LogP) is 4.59. The van der Waals surface area contributed by atoms with Gasteiger partial charge >= 0.3 is 0 Å². The van der Waals surface area contributed by atoms with Gasteiger partial charge in [0.15, 0.2) is 5.96 Å². The Hall–Kier alpha value is -1.48. The molecule has 0 aliphatic heterocycles. The highest BCUT2D eigenvalue weighted by atomic mass is 127.